The standard InChI is InChI=1S/C18H16N6O2S/c1-10-5-7-12(13-4-2-3-11-6-8-14(19)23-16(11)13)15(17(10)27(20,25)26)18-21-9-22-24-18/h2-8H,9H2,1H3,(H2,19,23)(H2,20,25,26). The van der Waals surface area contributed by atoms with Crippen LogP contribution in [0.25, 0.3) is 22.0 Å². The van der Waals surface area contributed by atoms with Crippen LogP contribution >= 0.6 is 0 Å². The second kappa shape index (κ2) is 6.22. The van der Waals surface area contributed by atoms with Crippen molar-refractivity contribution in [1.82, 2.24) is 4.98 Å². The molecule has 27 heavy (non-hydrogen) atoms. The highest BCUT2D eigenvalue weighted by molar-refractivity contribution is 7.89. The lowest BCUT2D eigenvalue weighted by molar-refractivity contribution is 0.597. The van der Waals surface area contributed by atoms with E-state index in [1.807, 2.05) is 30.3 Å². The van der Waals surface area contributed by atoms with E-state index in [4.69, 9.17) is 10.9 Å². The molecule has 0 spiro atoms. The molecular weight excluding hydrogens is 364 g/mol. The summed E-state index contributed by atoms with van der Waals surface area (Å²) in [6.45, 7) is 1.83. The summed E-state index contributed by atoms with van der Waals surface area (Å²) in [5.41, 5.74) is 8.68. The number of sulfonamides is 1. The van der Waals surface area contributed by atoms with Crippen LogP contribution in [0, 0.1) is 6.92 Å². The van der Waals surface area contributed by atoms with Crippen LogP contribution in [-0.4, -0.2) is 25.9 Å². The summed E-state index contributed by atoms with van der Waals surface area (Å²) < 4.78 is 24.7. The van der Waals surface area contributed by atoms with Crippen LogP contribution in [0.1, 0.15) is 11.1 Å². The van der Waals surface area contributed by atoms with Gasteiger partial charge in [-0.1, -0.05) is 30.3 Å². The first-order valence-electron chi connectivity index (χ1n) is 8.10. The average molecular weight is 380 g/mol. The van der Waals surface area contributed by atoms with Crippen molar-refractivity contribution in [1.29, 1.82) is 0 Å². The maximum Gasteiger partial charge on any atom is 0.239 e. The van der Waals surface area contributed by atoms with Gasteiger partial charge in [0.2, 0.25) is 10.0 Å². The van der Waals surface area contributed by atoms with Crippen LogP contribution in [0.2, 0.25) is 0 Å². The van der Waals surface area contributed by atoms with E-state index in [9.17, 15) is 8.42 Å². The fourth-order valence-corrected chi connectivity index (χ4v) is 4.24. The van der Waals surface area contributed by atoms with Crippen LogP contribution in [0.4, 0.5) is 5.82 Å². The van der Waals surface area contributed by atoms with E-state index in [1.54, 1.807) is 19.1 Å². The number of benzene rings is 2. The Morgan fingerprint density at radius 3 is 2.56 bits per heavy atom. The third kappa shape index (κ3) is 2.96. The fraction of sp³-hybridized carbons (Fsp3) is 0.111. The monoisotopic (exact) mass is 380 g/mol. The Morgan fingerprint density at radius 1 is 1.04 bits per heavy atom. The summed E-state index contributed by atoms with van der Waals surface area (Å²) in [5.74, 6) is 0.604. The second-order valence-corrected chi connectivity index (χ2v) is 7.66. The van der Waals surface area contributed by atoms with Gasteiger partial charge in [-0.2, -0.15) is 5.11 Å². The Morgan fingerprint density at radius 2 is 1.85 bits per heavy atom. The predicted molar refractivity (Wildman–Crippen MR) is 104 cm³/mol. The highest BCUT2D eigenvalue weighted by Gasteiger charge is 2.26. The van der Waals surface area contributed by atoms with Crippen LogP contribution in [0.5, 0.6) is 0 Å². The van der Waals surface area contributed by atoms with Crippen molar-refractivity contribution in [3.8, 4) is 11.1 Å². The van der Waals surface area contributed by atoms with E-state index in [1.165, 1.54) is 0 Å². The number of aryl methyl sites for hydroxylation is 1. The smallest absolute Gasteiger partial charge is 0.239 e. The van der Waals surface area contributed by atoms with Crippen molar-refractivity contribution in [3.63, 3.8) is 0 Å². The first kappa shape index (κ1) is 17.3. The van der Waals surface area contributed by atoms with Gasteiger partial charge in [-0.3, -0.25) is 0 Å². The zero-order valence-electron chi connectivity index (χ0n) is 14.4. The van der Waals surface area contributed by atoms with Gasteiger partial charge in [0.05, 0.1) is 10.4 Å². The van der Waals surface area contributed by atoms with E-state index < -0.39 is 10.0 Å². The minimum absolute atomic E-state index is 0.0134. The molecule has 136 valence electrons. The molecule has 0 aliphatic carbocycles. The number of hydrogen-bond acceptors (Lipinski definition) is 7. The van der Waals surface area contributed by atoms with Crippen molar-refractivity contribution in [3.05, 3.63) is 53.6 Å². The first-order chi connectivity index (χ1) is 12.9. The quantitative estimate of drug-likeness (QED) is 0.721. The summed E-state index contributed by atoms with van der Waals surface area (Å²) in [4.78, 5) is 8.65. The number of amidine groups is 1. The Kier molecular flexibility index (Phi) is 3.97. The normalized spacial score (nSPS) is 13.9. The largest absolute Gasteiger partial charge is 0.384 e. The summed E-state index contributed by atoms with van der Waals surface area (Å²) in [6, 6.07) is 12.7. The molecule has 8 nitrogen and oxygen atoms in total. The predicted octanol–water partition coefficient (Wildman–Crippen LogP) is 2.61. The SMILES string of the molecule is Cc1ccc(-c2cccc3ccc(N)nc23)c(C2=NCN=N2)c1S(N)(=O)=O. The topological polar surface area (TPSA) is 136 Å². The molecule has 1 aliphatic rings. The maximum absolute atomic E-state index is 12.3. The molecule has 4 N–H and O–H groups in total. The molecule has 0 fully saturated rings. The van der Waals surface area contributed by atoms with E-state index >= 15 is 0 Å². The Labute approximate surface area is 155 Å². The zero-order chi connectivity index (χ0) is 19.2. The molecule has 0 saturated carbocycles. The fourth-order valence-electron chi connectivity index (χ4n) is 3.24. The molecule has 1 aromatic heterocycles. The summed E-state index contributed by atoms with van der Waals surface area (Å²) in [7, 11) is -4.02. The van der Waals surface area contributed by atoms with Gasteiger partial charge in [0, 0.05) is 16.5 Å². The van der Waals surface area contributed by atoms with E-state index in [-0.39, 0.29) is 17.4 Å². The summed E-state index contributed by atoms with van der Waals surface area (Å²) in [5, 5.41) is 14.3. The number of rotatable bonds is 3. The molecule has 2 aromatic carbocycles. The first-order valence-corrected chi connectivity index (χ1v) is 9.65. The van der Waals surface area contributed by atoms with E-state index in [2.05, 4.69) is 20.2 Å². The number of fused-ring (bicyclic) bond motifs is 1. The number of hydrogen-bond donors (Lipinski definition) is 2. The average Bonchev–Trinajstić information content (AvgIpc) is 3.14. The van der Waals surface area contributed by atoms with E-state index in [0.717, 1.165) is 5.39 Å². The number of para-hydroxylation sites is 1. The van der Waals surface area contributed by atoms with Crippen LogP contribution < -0.4 is 10.9 Å². The Balaban J connectivity index is 2.15. The Hall–Kier alpha value is -3.17. The lowest BCUT2D eigenvalue weighted by Crippen LogP contribution is -2.19. The highest BCUT2D eigenvalue weighted by atomic mass is 32.2. The van der Waals surface area contributed by atoms with Crippen molar-refractivity contribution < 1.29 is 8.42 Å². The molecule has 9 heteroatoms. The molecule has 4 rings (SSSR count). The van der Waals surface area contributed by atoms with Gasteiger partial charge >= 0.3 is 0 Å². The van der Waals surface area contributed by atoms with Gasteiger partial charge in [0.15, 0.2) is 12.5 Å². The number of aromatic nitrogens is 1. The van der Waals surface area contributed by atoms with Gasteiger partial charge in [-0.25, -0.2) is 23.5 Å². The lowest BCUT2D eigenvalue weighted by atomic mass is 9.95. The minimum atomic E-state index is -4.02. The van der Waals surface area contributed by atoms with Gasteiger partial charge in [-0.05, 0) is 30.2 Å². The van der Waals surface area contributed by atoms with Crippen LogP contribution in [0.15, 0.2) is 62.6 Å². The number of nitrogens with two attached hydrogens (primary N) is 2. The number of anilines is 1. The lowest BCUT2D eigenvalue weighted by Gasteiger charge is -2.16. The summed E-state index contributed by atoms with van der Waals surface area (Å²) >= 11 is 0. The molecule has 0 atom stereocenters. The number of pyridine rings is 1. The third-order valence-electron chi connectivity index (χ3n) is 4.34. The molecular formula is C18H16N6O2S. The number of nitrogen functional groups attached to an aromatic ring is 1. The van der Waals surface area contributed by atoms with E-state index in [0.29, 0.717) is 33.6 Å². The molecule has 0 unspecified atom stereocenters. The van der Waals surface area contributed by atoms with Gasteiger partial charge < -0.3 is 5.73 Å². The van der Waals surface area contributed by atoms with Crippen LogP contribution in [-0.2, 0) is 10.0 Å². The molecule has 0 bridgehead atoms. The van der Waals surface area contributed by atoms with Crippen molar-refractivity contribution in [2.45, 2.75) is 11.8 Å². The van der Waals surface area contributed by atoms with Crippen molar-refractivity contribution in [2.75, 3.05) is 12.4 Å². The number of azo groups is 1. The summed E-state index contributed by atoms with van der Waals surface area (Å²) in [6.07, 6.45) is 0. The minimum Gasteiger partial charge on any atom is -0.384 e. The highest BCUT2D eigenvalue weighted by Crippen LogP contribution is 2.36. The molecule has 1 aliphatic heterocycles. The second-order valence-electron chi connectivity index (χ2n) is 6.16. The Bertz CT molecular complexity index is 1250. The third-order valence-corrected chi connectivity index (χ3v) is 5.44. The van der Waals surface area contributed by atoms with Gasteiger partial charge in [0.25, 0.3) is 0 Å². The van der Waals surface area contributed by atoms with Crippen molar-refractivity contribution >= 4 is 32.6 Å². The molecule has 3 aromatic rings. The number of aliphatic imine (C=N–C) groups is 1. The number of nitrogens with zero attached hydrogens (tertiary/aromatic N) is 4. The molecule has 0 saturated heterocycles. The van der Waals surface area contributed by atoms with Gasteiger partial charge in [0.1, 0.15) is 5.82 Å². The molecule has 0 radical (unpaired) electrons. The zero-order valence-corrected chi connectivity index (χ0v) is 15.2. The maximum atomic E-state index is 12.3. The van der Waals surface area contributed by atoms with Crippen molar-refractivity contribution in [2.24, 2.45) is 20.4 Å². The van der Waals surface area contributed by atoms with Gasteiger partial charge in [-0.15, -0.1) is 5.11 Å². The van der Waals surface area contributed by atoms with Crippen LogP contribution in [0.3, 0.4) is 0 Å². The molecule has 0 amide bonds. The molecule has 2 heterocycles. The number of primary sulfonamides is 1.